The zero-order valence-corrected chi connectivity index (χ0v) is 12.7. The molecule has 1 aliphatic rings. The summed E-state index contributed by atoms with van der Waals surface area (Å²) in [6.45, 7) is 8.04. The minimum absolute atomic E-state index is 0.166. The van der Waals surface area contributed by atoms with Crippen molar-refractivity contribution in [3.63, 3.8) is 0 Å². The smallest absolute Gasteiger partial charge is 0.163 e. The number of hydrogen-bond donors (Lipinski definition) is 1. The van der Waals surface area contributed by atoms with E-state index in [4.69, 9.17) is 4.74 Å². The lowest BCUT2D eigenvalue weighted by atomic mass is 10.0. The van der Waals surface area contributed by atoms with E-state index in [0.717, 1.165) is 45.3 Å². The predicted molar refractivity (Wildman–Crippen MR) is 79.2 cm³/mol. The average Bonchev–Trinajstić information content (AvgIpc) is 2.48. The molecule has 0 radical (unpaired) electrons. The van der Waals surface area contributed by atoms with Gasteiger partial charge in [0, 0.05) is 30.7 Å². The first-order valence-electron chi connectivity index (χ1n) is 7.62. The highest BCUT2D eigenvalue weighted by Gasteiger charge is 2.22. The molecule has 2 atom stereocenters. The lowest BCUT2D eigenvalue weighted by molar-refractivity contribution is -0.00185. The van der Waals surface area contributed by atoms with Crippen LogP contribution >= 0.6 is 0 Å². The van der Waals surface area contributed by atoms with Crippen LogP contribution in [-0.2, 0) is 4.74 Å². The molecule has 21 heavy (non-hydrogen) atoms. The number of hydrogen-bond acceptors (Lipinski definition) is 3. The number of morpholine rings is 1. The third-order valence-electron chi connectivity index (χ3n) is 4.02. The molecule has 1 N–H and O–H groups in total. The van der Waals surface area contributed by atoms with Gasteiger partial charge in [0.2, 0.25) is 0 Å². The van der Waals surface area contributed by atoms with Gasteiger partial charge in [-0.1, -0.05) is 19.1 Å². The Morgan fingerprint density at radius 2 is 2.24 bits per heavy atom. The zero-order valence-electron chi connectivity index (χ0n) is 12.7. The van der Waals surface area contributed by atoms with E-state index in [1.165, 1.54) is 0 Å². The fraction of sp³-hybridized carbons (Fsp3) is 0.625. The Balaban J connectivity index is 2.03. The second kappa shape index (κ2) is 7.82. The van der Waals surface area contributed by atoms with Crippen LogP contribution in [0.1, 0.15) is 31.9 Å². The van der Waals surface area contributed by atoms with Crippen LogP contribution < -0.4 is 5.32 Å². The summed E-state index contributed by atoms with van der Waals surface area (Å²) in [4.78, 5) is 2.34. The van der Waals surface area contributed by atoms with Gasteiger partial charge in [0.15, 0.2) is 11.6 Å². The summed E-state index contributed by atoms with van der Waals surface area (Å²) in [6.07, 6.45) is 0.749. The van der Waals surface area contributed by atoms with E-state index in [9.17, 15) is 8.78 Å². The van der Waals surface area contributed by atoms with Crippen LogP contribution in [0.25, 0.3) is 0 Å². The van der Waals surface area contributed by atoms with Crippen molar-refractivity contribution >= 4 is 0 Å². The maximum Gasteiger partial charge on any atom is 0.163 e. The van der Waals surface area contributed by atoms with Crippen molar-refractivity contribution in [2.75, 3.05) is 32.8 Å². The molecule has 2 unspecified atom stereocenters. The van der Waals surface area contributed by atoms with Crippen molar-refractivity contribution in [3.8, 4) is 0 Å². The lowest BCUT2D eigenvalue weighted by Crippen LogP contribution is -2.44. The van der Waals surface area contributed by atoms with Crippen LogP contribution in [0.4, 0.5) is 8.78 Å². The van der Waals surface area contributed by atoms with Crippen LogP contribution in [0.15, 0.2) is 18.2 Å². The van der Waals surface area contributed by atoms with Crippen molar-refractivity contribution in [2.45, 2.75) is 32.4 Å². The first kappa shape index (κ1) is 16.3. The number of halogens is 2. The fourth-order valence-electron chi connectivity index (χ4n) is 2.79. The molecule has 5 heteroatoms. The van der Waals surface area contributed by atoms with Gasteiger partial charge >= 0.3 is 0 Å². The minimum Gasteiger partial charge on any atom is -0.379 e. The number of nitrogens with one attached hydrogen (secondary N) is 1. The molecule has 1 aliphatic heterocycles. The van der Waals surface area contributed by atoms with E-state index in [-0.39, 0.29) is 6.04 Å². The molecule has 118 valence electrons. The highest BCUT2D eigenvalue weighted by Crippen LogP contribution is 2.23. The second-order valence-corrected chi connectivity index (χ2v) is 5.50. The van der Waals surface area contributed by atoms with E-state index >= 15 is 0 Å². The molecule has 3 nitrogen and oxygen atoms in total. The van der Waals surface area contributed by atoms with E-state index < -0.39 is 11.6 Å². The van der Waals surface area contributed by atoms with Gasteiger partial charge in [0.25, 0.3) is 0 Å². The summed E-state index contributed by atoms with van der Waals surface area (Å²) in [7, 11) is 0. The first-order chi connectivity index (χ1) is 10.1. The van der Waals surface area contributed by atoms with Crippen LogP contribution in [-0.4, -0.2) is 43.8 Å². The Morgan fingerprint density at radius 3 is 2.95 bits per heavy atom. The van der Waals surface area contributed by atoms with E-state index in [1.54, 1.807) is 12.1 Å². The fourth-order valence-corrected chi connectivity index (χ4v) is 2.79. The van der Waals surface area contributed by atoms with Gasteiger partial charge in [0.05, 0.1) is 13.2 Å². The monoisotopic (exact) mass is 298 g/mol. The summed E-state index contributed by atoms with van der Waals surface area (Å²) in [5.41, 5.74) is 0.415. The largest absolute Gasteiger partial charge is 0.379 e. The molecule has 0 aromatic heterocycles. The van der Waals surface area contributed by atoms with Crippen molar-refractivity contribution < 1.29 is 13.5 Å². The van der Waals surface area contributed by atoms with E-state index in [2.05, 4.69) is 17.1 Å². The Hall–Kier alpha value is -1.04. The normalized spacial score (nSPS) is 21.4. The molecule has 0 saturated carbocycles. The highest BCUT2D eigenvalue weighted by atomic mass is 19.2. The maximum absolute atomic E-state index is 14.0. The standard InChI is InChI=1S/C16H24F2N2O/c1-3-19-15(13-5-4-6-14(17)16(13)18)7-8-20-9-10-21-11-12(20)2/h4-6,12,15,19H,3,7-11H2,1-2H3. The van der Waals surface area contributed by atoms with Crippen molar-refractivity contribution in [3.05, 3.63) is 35.4 Å². The summed E-state index contributed by atoms with van der Waals surface area (Å²) in [5.74, 6) is -1.52. The summed E-state index contributed by atoms with van der Waals surface area (Å²) >= 11 is 0. The highest BCUT2D eigenvalue weighted by molar-refractivity contribution is 5.22. The van der Waals surface area contributed by atoms with Gasteiger partial charge in [0.1, 0.15) is 0 Å². The molecule has 1 heterocycles. The number of rotatable bonds is 6. The van der Waals surface area contributed by atoms with E-state index in [1.807, 2.05) is 6.92 Å². The topological polar surface area (TPSA) is 24.5 Å². The third kappa shape index (κ3) is 4.22. The molecule has 1 fully saturated rings. The van der Waals surface area contributed by atoms with Crippen LogP contribution in [0.5, 0.6) is 0 Å². The van der Waals surface area contributed by atoms with E-state index in [0.29, 0.717) is 11.6 Å². The Morgan fingerprint density at radius 1 is 1.43 bits per heavy atom. The predicted octanol–water partition coefficient (Wildman–Crippen LogP) is 2.73. The van der Waals surface area contributed by atoms with Gasteiger partial charge < -0.3 is 10.1 Å². The minimum atomic E-state index is -0.782. The molecule has 0 amide bonds. The lowest BCUT2D eigenvalue weighted by Gasteiger charge is -2.34. The van der Waals surface area contributed by atoms with Gasteiger partial charge in [-0.05, 0) is 26.0 Å². The summed E-state index contributed by atoms with van der Waals surface area (Å²) in [5, 5.41) is 3.26. The van der Waals surface area contributed by atoms with Crippen molar-refractivity contribution in [2.24, 2.45) is 0 Å². The van der Waals surface area contributed by atoms with Crippen molar-refractivity contribution in [1.82, 2.24) is 10.2 Å². The van der Waals surface area contributed by atoms with Gasteiger partial charge in [-0.15, -0.1) is 0 Å². The van der Waals surface area contributed by atoms with Crippen LogP contribution in [0.3, 0.4) is 0 Å². The number of nitrogens with zero attached hydrogens (tertiary/aromatic N) is 1. The Kier molecular flexibility index (Phi) is 6.08. The van der Waals surface area contributed by atoms with Crippen LogP contribution in [0, 0.1) is 11.6 Å². The quantitative estimate of drug-likeness (QED) is 0.874. The SMILES string of the molecule is CCNC(CCN1CCOCC1C)c1cccc(F)c1F. The van der Waals surface area contributed by atoms with Gasteiger partial charge in [-0.2, -0.15) is 0 Å². The molecular formula is C16H24F2N2O. The molecule has 0 bridgehead atoms. The summed E-state index contributed by atoms with van der Waals surface area (Å²) in [6, 6.07) is 4.59. The molecule has 1 aromatic rings. The maximum atomic E-state index is 14.0. The Labute approximate surface area is 125 Å². The molecule has 1 saturated heterocycles. The molecular weight excluding hydrogens is 274 g/mol. The molecule has 0 spiro atoms. The molecule has 2 rings (SSSR count). The average molecular weight is 298 g/mol. The molecule has 1 aromatic carbocycles. The number of ether oxygens (including phenoxy) is 1. The van der Waals surface area contributed by atoms with Crippen LogP contribution in [0.2, 0.25) is 0 Å². The third-order valence-corrected chi connectivity index (χ3v) is 4.02. The summed E-state index contributed by atoms with van der Waals surface area (Å²) < 4.78 is 32.8. The van der Waals surface area contributed by atoms with Gasteiger partial charge in [-0.3, -0.25) is 4.90 Å². The number of benzene rings is 1. The molecule has 0 aliphatic carbocycles. The first-order valence-corrected chi connectivity index (χ1v) is 7.62. The zero-order chi connectivity index (χ0) is 15.2. The van der Waals surface area contributed by atoms with Gasteiger partial charge in [-0.25, -0.2) is 8.78 Å². The Bertz CT molecular complexity index is 456. The second-order valence-electron chi connectivity index (χ2n) is 5.50. The van der Waals surface area contributed by atoms with Crippen molar-refractivity contribution in [1.29, 1.82) is 0 Å².